The first-order valence-electron chi connectivity index (χ1n) is 21.3. The summed E-state index contributed by atoms with van der Waals surface area (Å²) in [5.74, 6) is -0.847. The number of aromatic nitrogens is 4. The van der Waals surface area contributed by atoms with Crippen LogP contribution in [0.3, 0.4) is 0 Å². The Hall–Kier alpha value is -5.97. The number of hydrogen-bond donors (Lipinski definition) is 1. The lowest BCUT2D eigenvalue weighted by Crippen LogP contribution is -2.54. The van der Waals surface area contributed by atoms with Gasteiger partial charge in [-0.3, -0.25) is 43.6 Å². The van der Waals surface area contributed by atoms with Gasteiger partial charge in [0.1, 0.15) is 6.04 Å². The largest absolute Gasteiger partial charge is 0.371 e. The Morgan fingerprint density at radius 3 is 2.43 bits per heavy atom. The molecule has 0 spiro atoms. The summed E-state index contributed by atoms with van der Waals surface area (Å²) in [6.07, 6.45) is 5.02. The molecule has 2 aromatic heterocycles. The van der Waals surface area contributed by atoms with Crippen molar-refractivity contribution < 1.29 is 32.8 Å². The van der Waals surface area contributed by atoms with Gasteiger partial charge >= 0.3 is 0 Å². The van der Waals surface area contributed by atoms with E-state index in [1.54, 1.807) is 49.2 Å². The second-order valence-corrected chi connectivity index (χ2v) is 17.4. The Labute approximate surface area is 351 Å². The van der Waals surface area contributed by atoms with Crippen LogP contribution in [-0.4, -0.2) is 116 Å². The highest BCUT2D eigenvalue weighted by molar-refractivity contribution is 6.23. The van der Waals surface area contributed by atoms with E-state index in [-0.39, 0.29) is 41.5 Å². The van der Waals surface area contributed by atoms with Gasteiger partial charge < -0.3 is 19.6 Å². The molecule has 61 heavy (non-hydrogen) atoms. The average Bonchev–Trinajstić information content (AvgIpc) is 3.91. The molecule has 6 aliphatic rings. The molecule has 0 radical (unpaired) electrons. The molecular weight excluding hydrogens is 787 g/mol. The van der Waals surface area contributed by atoms with E-state index in [1.165, 1.54) is 0 Å². The molecule has 15 nitrogen and oxygen atoms in total. The first-order valence-corrected chi connectivity index (χ1v) is 21.3. The number of aryl methyl sites for hydroxylation is 2. The van der Waals surface area contributed by atoms with Gasteiger partial charge in [-0.15, -0.1) is 0 Å². The van der Waals surface area contributed by atoms with Crippen LogP contribution in [0.1, 0.15) is 94.6 Å². The molecule has 1 N–H and O–H groups in total. The summed E-state index contributed by atoms with van der Waals surface area (Å²) >= 11 is 0. The van der Waals surface area contributed by atoms with Gasteiger partial charge in [-0.25, -0.2) is 8.78 Å². The fraction of sp³-hybridized carbons (Fsp3) is 0.477. The minimum absolute atomic E-state index is 0.00329. The third-order valence-corrected chi connectivity index (χ3v) is 13.6. The van der Waals surface area contributed by atoms with Gasteiger partial charge in [-0.1, -0.05) is 0 Å². The van der Waals surface area contributed by atoms with Gasteiger partial charge in [-0.2, -0.15) is 10.2 Å². The molecule has 2 aromatic carbocycles. The minimum Gasteiger partial charge on any atom is -0.371 e. The van der Waals surface area contributed by atoms with Gasteiger partial charge in [0.25, 0.3) is 18.2 Å². The number of piperidine rings is 2. The van der Waals surface area contributed by atoms with E-state index < -0.39 is 36.1 Å². The number of imide groups is 2. The summed E-state index contributed by atoms with van der Waals surface area (Å²) in [5.41, 5.74) is 6.43. The van der Waals surface area contributed by atoms with Crippen molar-refractivity contribution in [1.29, 1.82) is 0 Å². The van der Waals surface area contributed by atoms with Gasteiger partial charge in [-0.05, 0) is 73.6 Å². The van der Waals surface area contributed by atoms with E-state index in [0.29, 0.717) is 43.1 Å². The lowest BCUT2D eigenvalue weighted by atomic mass is 9.92. The van der Waals surface area contributed by atoms with Gasteiger partial charge in [0.2, 0.25) is 17.7 Å². The quantitative estimate of drug-likeness (QED) is 0.254. The van der Waals surface area contributed by atoms with E-state index in [2.05, 4.69) is 29.8 Å². The molecule has 8 heterocycles. The zero-order chi connectivity index (χ0) is 42.3. The molecule has 1 atom stereocenters. The van der Waals surface area contributed by atoms with Crippen molar-refractivity contribution in [3.63, 3.8) is 0 Å². The molecule has 4 aromatic rings. The number of likely N-dealkylation sites (tertiary alicyclic amines) is 1. The topological polar surface area (TPSA) is 149 Å². The lowest BCUT2D eigenvalue weighted by Gasteiger charge is -2.44. The van der Waals surface area contributed by atoms with Crippen molar-refractivity contribution in [2.45, 2.75) is 76.9 Å². The van der Waals surface area contributed by atoms with Crippen LogP contribution in [0.15, 0.2) is 42.7 Å². The van der Waals surface area contributed by atoms with Crippen molar-refractivity contribution >= 4 is 46.7 Å². The number of alkyl halides is 2. The number of anilines is 3. The first-order chi connectivity index (χ1) is 29.4. The standard InChI is InChI=1S/C44H48F2N10O5/c1-25(57)52-15-11-36-35(24-52)41(54-12-3-4-27-16-32(28-19-47-50(2)23-28)33(40(45)46)18-38(27)54)49-56(36)29-9-13-51(14-10-29)20-26-21-53(22-26)30-5-6-31-34(17-30)44(61)55(43(31)60)37-7-8-39(58)48-42(37)59/h5-6,16-19,23,26,29,37,40H,3-4,7-15,20-22,24H2,1-2H3,(H,48,58,59). The Kier molecular flexibility index (Phi) is 9.75. The molecule has 0 saturated carbocycles. The van der Waals surface area contributed by atoms with Gasteiger partial charge in [0.15, 0.2) is 5.82 Å². The highest BCUT2D eigenvalue weighted by atomic mass is 19.3. The van der Waals surface area contributed by atoms with Gasteiger partial charge in [0.05, 0.1) is 29.9 Å². The van der Waals surface area contributed by atoms with Crippen molar-refractivity contribution in [1.82, 2.24) is 39.6 Å². The van der Waals surface area contributed by atoms with Crippen molar-refractivity contribution in [3.8, 4) is 11.1 Å². The monoisotopic (exact) mass is 834 g/mol. The number of amides is 5. The number of carbonyl (C=O) groups is 5. The third-order valence-electron chi connectivity index (χ3n) is 13.6. The predicted molar refractivity (Wildman–Crippen MR) is 219 cm³/mol. The molecule has 3 fully saturated rings. The summed E-state index contributed by atoms with van der Waals surface area (Å²) in [7, 11) is 1.78. The number of nitrogens with one attached hydrogen (secondary N) is 1. The minimum atomic E-state index is -2.67. The zero-order valence-electron chi connectivity index (χ0n) is 34.3. The number of hydrogen-bond acceptors (Lipinski definition) is 10. The smallest absolute Gasteiger partial charge is 0.264 e. The molecule has 0 aliphatic carbocycles. The van der Waals surface area contributed by atoms with Crippen molar-refractivity contribution in [3.05, 3.63) is 76.2 Å². The summed E-state index contributed by atoms with van der Waals surface area (Å²) in [5, 5.41) is 11.8. The van der Waals surface area contributed by atoms with Crippen LogP contribution in [0.4, 0.5) is 26.0 Å². The molecule has 0 bridgehead atoms. The Bertz CT molecular complexity index is 2480. The summed E-state index contributed by atoms with van der Waals surface area (Å²) in [6.45, 7) is 7.64. The van der Waals surface area contributed by atoms with Crippen LogP contribution in [-0.2, 0) is 40.8 Å². The van der Waals surface area contributed by atoms with Crippen LogP contribution >= 0.6 is 0 Å². The number of nitrogens with zero attached hydrogens (tertiary/aromatic N) is 9. The lowest BCUT2D eigenvalue weighted by molar-refractivity contribution is -0.136. The number of carbonyl (C=O) groups excluding carboxylic acids is 5. The number of rotatable bonds is 8. The number of benzene rings is 2. The molecule has 1 unspecified atom stereocenters. The fourth-order valence-electron chi connectivity index (χ4n) is 10.3. The predicted octanol–water partition coefficient (Wildman–Crippen LogP) is 4.38. The Morgan fingerprint density at radius 1 is 0.918 bits per heavy atom. The van der Waals surface area contributed by atoms with E-state index >= 15 is 0 Å². The summed E-state index contributed by atoms with van der Waals surface area (Å²) in [6, 6.07) is 7.98. The van der Waals surface area contributed by atoms with Crippen LogP contribution in [0.5, 0.6) is 0 Å². The van der Waals surface area contributed by atoms with Crippen LogP contribution in [0, 0.1) is 5.92 Å². The summed E-state index contributed by atoms with van der Waals surface area (Å²) in [4.78, 5) is 73.0. The number of fused-ring (bicyclic) bond motifs is 3. The van der Waals surface area contributed by atoms with Crippen LogP contribution in [0.2, 0.25) is 0 Å². The molecule has 6 aliphatic heterocycles. The van der Waals surface area contributed by atoms with Crippen molar-refractivity contribution in [2.75, 3.05) is 55.6 Å². The molecule has 17 heteroatoms. The highest BCUT2D eigenvalue weighted by Gasteiger charge is 2.45. The third kappa shape index (κ3) is 6.86. The molecule has 10 rings (SSSR count). The first kappa shape index (κ1) is 39.2. The Morgan fingerprint density at radius 2 is 1.70 bits per heavy atom. The molecule has 5 amide bonds. The van der Waals surface area contributed by atoms with E-state index in [9.17, 15) is 32.8 Å². The van der Waals surface area contributed by atoms with E-state index in [1.807, 2.05) is 17.0 Å². The number of halogens is 2. The maximum atomic E-state index is 14.7. The zero-order valence-corrected chi connectivity index (χ0v) is 34.3. The normalized spacial score (nSPS) is 21.2. The summed E-state index contributed by atoms with van der Waals surface area (Å²) < 4.78 is 33.2. The second-order valence-electron chi connectivity index (χ2n) is 17.4. The van der Waals surface area contributed by atoms with Crippen LogP contribution < -0.4 is 15.1 Å². The van der Waals surface area contributed by atoms with E-state index in [0.717, 1.165) is 97.3 Å². The Balaban J connectivity index is 0.818. The fourth-order valence-corrected chi connectivity index (χ4v) is 10.3. The maximum Gasteiger partial charge on any atom is 0.264 e. The second kappa shape index (κ2) is 15.2. The van der Waals surface area contributed by atoms with E-state index in [4.69, 9.17) is 5.10 Å². The SMILES string of the molecule is CC(=O)N1CCc2c(c(N3CCCc4cc(-c5cnn(C)c5)c(C(F)F)cc43)nn2C2CCN(CC3CN(c4ccc5c(c4)C(=O)N(C4CCC(=O)NC4=O)C5=O)C3)CC2)C1. The van der Waals surface area contributed by atoms with Gasteiger partial charge in [0, 0.05) is 119 Å². The molecular formula is C44H48F2N10O5. The maximum absolute atomic E-state index is 14.7. The molecule has 3 saturated heterocycles. The molecule has 318 valence electrons. The van der Waals surface area contributed by atoms with Crippen molar-refractivity contribution in [2.24, 2.45) is 13.0 Å². The van der Waals surface area contributed by atoms with Crippen LogP contribution in [0.25, 0.3) is 11.1 Å². The average molecular weight is 835 g/mol. The highest BCUT2D eigenvalue weighted by Crippen LogP contribution is 2.44.